The number of aliphatic carboxylic acids is 4. The largest absolute Gasteiger partial charge is 0.480 e. The molecular weight excluding hydrogens is 855 g/mol. The van der Waals surface area contributed by atoms with E-state index in [-0.39, 0.29) is 48.5 Å². The lowest BCUT2D eigenvalue weighted by Crippen LogP contribution is -2.51. The van der Waals surface area contributed by atoms with Crippen molar-refractivity contribution in [2.24, 2.45) is 29.8 Å². The summed E-state index contributed by atoms with van der Waals surface area (Å²) >= 11 is 2.40. The first-order valence-electron chi connectivity index (χ1n) is 15.0. The Bertz CT molecular complexity index is 1370. The highest BCUT2D eigenvalue weighted by molar-refractivity contribution is 7.99. The normalized spacial score (nSPS) is 12.3. The van der Waals surface area contributed by atoms with Gasteiger partial charge in [0, 0.05) is 110 Å². The summed E-state index contributed by atoms with van der Waals surface area (Å²) < 4.78 is 8.96. The van der Waals surface area contributed by atoms with Gasteiger partial charge >= 0.3 is 30.0 Å². The zero-order valence-corrected chi connectivity index (χ0v) is 34.0. The first-order valence-corrected chi connectivity index (χ1v) is 18.6. The Hall–Kier alpha value is -4.94. The van der Waals surface area contributed by atoms with Crippen LogP contribution in [0.25, 0.3) is 0 Å². The third-order valence-electron chi connectivity index (χ3n) is 5.52. The number of rotatable bonds is 24. The number of nitrogens with two attached hydrogens (primary N) is 2. The van der Waals surface area contributed by atoms with Crippen LogP contribution in [-0.2, 0) is 47.9 Å². The average Bonchev–Trinajstić information content (AvgIpc) is 3.12. The molecule has 0 aliphatic carbocycles. The number of ketones is 1. The van der Waals surface area contributed by atoms with Gasteiger partial charge in [-0.1, -0.05) is 6.92 Å². The summed E-state index contributed by atoms with van der Waals surface area (Å²) in [6.45, 7) is 7.10. The van der Waals surface area contributed by atoms with Crippen molar-refractivity contribution in [3.8, 4) is 0 Å². The molecule has 27 nitrogen and oxygen atoms in total. The van der Waals surface area contributed by atoms with Crippen molar-refractivity contribution in [2.45, 2.75) is 88.8 Å². The number of carbonyl (C=O) groups is 8. The molecule has 0 heterocycles. The molecule has 0 bridgehead atoms. The van der Waals surface area contributed by atoms with Crippen molar-refractivity contribution in [3.05, 3.63) is 19.6 Å². The van der Waals surface area contributed by atoms with E-state index in [0.29, 0.717) is 47.8 Å². The maximum Gasteiger partial charge on any atom is 0.373 e. The maximum absolute atomic E-state index is 11.5. The standard InChI is InChI=1S/C10H17N3O5S.C7H12N2O4S.C5H8N2O4S.C3H6N2O3S.CO2/c1-2-8(14)7(5-19-13-18)12-9(15)4-3-6(11)10(16)17;1-4(10)8-5(6(11)12)7(2,3)14-9-13;1-3(8)6-4(5(9)10)2-12-7-11;4-2(3(6)7)1-9-5-8;2-1-3/h6-7H,2-5,11H2,1H3,(H,12,15)(H,16,17);5H,1-3H3,(H,8,10)(H,11,12);4H,2H2,1H3,(H,6,8)(H,9,10);2H,1,4H2,(H,6,7);. The first-order chi connectivity index (χ1) is 26.4. The first kappa shape index (κ1) is 61.3. The fourth-order valence-corrected chi connectivity index (χ4v) is 4.57. The Labute approximate surface area is 340 Å². The Morgan fingerprint density at radius 1 is 0.649 bits per heavy atom. The summed E-state index contributed by atoms with van der Waals surface area (Å²) in [6.07, 6.45) is 0.354. The van der Waals surface area contributed by atoms with Crippen LogP contribution in [0.2, 0.25) is 0 Å². The van der Waals surface area contributed by atoms with Gasteiger partial charge in [0.05, 0.1) is 10.8 Å². The molecule has 0 aliphatic rings. The molecule has 324 valence electrons. The Morgan fingerprint density at radius 2 is 1.07 bits per heavy atom. The summed E-state index contributed by atoms with van der Waals surface area (Å²) in [5.41, 5.74) is 10.2. The summed E-state index contributed by atoms with van der Waals surface area (Å²) in [5, 5.41) is 40.8. The van der Waals surface area contributed by atoms with Gasteiger partial charge in [0.2, 0.25) is 17.7 Å². The van der Waals surface area contributed by atoms with Gasteiger partial charge in [-0.2, -0.15) is 9.59 Å². The van der Waals surface area contributed by atoms with Crippen molar-refractivity contribution in [1.82, 2.24) is 16.0 Å². The van der Waals surface area contributed by atoms with E-state index in [4.69, 9.17) is 41.5 Å². The van der Waals surface area contributed by atoms with Crippen molar-refractivity contribution >= 4 is 101 Å². The molecule has 0 aromatic heterocycles. The van der Waals surface area contributed by atoms with E-state index in [1.54, 1.807) is 6.92 Å². The number of carboxylic acid groups (broad SMARTS) is 4. The van der Waals surface area contributed by atoms with Gasteiger partial charge in [-0.25, -0.2) is 9.59 Å². The van der Waals surface area contributed by atoms with Crippen LogP contribution in [-0.4, -0.2) is 126 Å². The molecule has 5 atom stereocenters. The number of hydrogen-bond donors (Lipinski definition) is 9. The van der Waals surface area contributed by atoms with Crippen molar-refractivity contribution in [2.75, 3.05) is 17.3 Å². The molecule has 0 aromatic carbocycles. The number of carboxylic acids is 4. The van der Waals surface area contributed by atoms with Gasteiger partial charge in [-0.05, 0) is 20.3 Å². The zero-order chi connectivity index (χ0) is 45.7. The van der Waals surface area contributed by atoms with E-state index in [1.165, 1.54) is 27.7 Å². The van der Waals surface area contributed by atoms with Gasteiger partial charge in [-0.15, -0.1) is 19.6 Å². The van der Waals surface area contributed by atoms with Crippen LogP contribution in [0.5, 0.6) is 0 Å². The average molecular weight is 898 g/mol. The van der Waals surface area contributed by atoms with Crippen LogP contribution < -0.4 is 27.4 Å². The minimum Gasteiger partial charge on any atom is -0.480 e. The third kappa shape index (κ3) is 39.1. The highest BCUT2D eigenvalue weighted by atomic mass is 32.2. The van der Waals surface area contributed by atoms with E-state index in [2.05, 4.69) is 34.3 Å². The van der Waals surface area contributed by atoms with Crippen molar-refractivity contribution in [3.63, 3.8) is 0 Å². The predicted molar refractivity (Wildman–Crippen MR) is 205 cm³/mol. The fourth-order valence-electron chi connectivity index (χ4n) is 2.83. The van der Waals surface area contributed by atoms with E-state index in [1.807, 2.05) is 0 Å². The van der Waals surface area contributed by atoms with E-state index in [0.717, 1.165) is 0 Å². The molecule has 0 saturated carbocycles. The van der Waals surface area contributed by atoms with Crippen LogP contribution in [0.1, 0.15) is 53.9 Å². The SMILES string of the molecule is CC(=O)NC(C(=O)O)C(C)(C)SN=O.CC(=O)NC(CSN=O)C(=O)O.CCC(=O)C(CSN=O)NC(=O)CCC(N)C(=O)O.NC(CSN=O)C(=O)O.O=C=O. The van der Waals surface area contributed by atoms with Crippen LogP contribution in [0.3, 0.4) is 0 Å². The second-order valence-corrected chi connectivity index (χ2v) is 14.0. The van der Waals surface area contributed by atoms with E-state index >= 15 is 0 Å². The topological polar surface area (TPSA) is 457 Å². The van der Waals surface area contributed by atoms with Crippen LogP contribution >= 0.6 is 47.8 Å². The second-order valence-electron chi connectivity index (χ2n) is 10.4. The summed E-state index contributed by atoms with van der Waals surface area (Å²) in [5.74, 6) is -6.25. The van der Waals surface area contributed by atoms with Gasteiger partial charge in [0.15, 0.2) is 5.78 Å². The molecule has 5 unspecified atom stereocenters. The van der Waals surface area contributed by atoms with Crippen LogP contribution in [0.15, 0.2) is 18.3 Å². The molecule has 31 heteroatoms. The van der Waals surface area contributed by atoms with Gasteiger partial charge in [0.25, 0.3) is 0 Å². The van der Waals surface area contributed by atoms with Gasteiger partial charge in [-0.3, -0.25) is 28.8 Å². The number of nitrogens with zero attached hydrogens (tertiary/aromatic N) is 4. The predicted octanol–water partition coefficient (Wildman–Crippen LogP) is 0.0456. The third-order valence-corrected chi connectivity index (χ3v) is 8.09. The zero-order valence-electron chi connectivity index (χ0n) is 30.7. The number of Topliss-reactive ketones (excluding diaryl/α,β-unsaturated/α-hetero) is 1. The maximum atomic E-state index is 11.5. The molecule has 0 saturated heterocycles. The molecule has 0 aliphatic heterocycles. The van der Waals surface area contributed by atoms with Gasteiger partial charge in [0.1, 0.15) is 24.2 Å². The van der Waals surface area contributed by atoms with Crippen LogP contribution in [0.4, 0.5) is 0 Å². The minimum absolute atomic E-state index is 0.0206. The monoisotopic (exact) mass is 897 g/mol. The molecule has 57 heavy (non-hydrogen) atoms. The Kier molecular flexibility index (Phi) is 40.8. The number of hydrogen-bond acceptors (Lipinski definition) is 24. The van der Waals surface area contributed by atoms with Crippen molar-refractivity contribution < 1.29 is 68.4 Å². The number of nitroso groups, excluding NO2 is 4. The number of carbonyl (C=O) groups excluding carboxylic acids is 6. The van der Waals surface area contributed by atoms with E-state index in [9.17, 15) is 58.0 Å². The quantitative estimate of drug-likeness (QED) is 0.0456. The van der Waals surface area contributed by atoms with Gasteiger partial charge < -0.3 is 47.8 Å². The van der Waals surface area contributed by atoms with Crippen molar-refractivity contribution in [1.29, 1.82) is 0 Å². The minimum atomic E-state index is -1.19. The molecule has 0 fully saturated rings. The molecule has 0 radical (unpaired) electrons. The second kappa shape index (κ2) is 38.0. The summed E-state index contributed by atoms with van der Waals surface area (Å²) in [4.78, 5) is 141. The highest BCUT2D eigenvalue weighted by Crippen LogP contribution is 2.29. The highest BCUT2D eigenvalue weighted by Gasteiger charge is 2.37. The molecule has 0 spiro atoms. The number of amides is 3. The molecule has 0 rings (SSSR count). The molecule has 3 amide bonds. The Morgan fingerprint density at radius 3 is 1.40 bits per heavy atom. The lowest BCUT2D eigenvalue weighted by atomic mass is 10.0. The summed E-state index contributed by atoms with van der Waals surface area (Å²) in [6, 6.07) is -5.08. The molecular formula is C26H43N9O18S4. The lowest BCUT2D eigenvalue weighted by Gasteiger charge is -2.27. The summed E-state index contributed by atoms with van der Waals surface area (Å²) in [7, 11) is 0. The Balaban J connectivity index is -0.000000212. The van der Waals surface area contributed by atoms with E-state index < -0.39 is 76.6 Å². The fraction of sp³-hybridized carbons (Fsp3) is 0.654. The smallest absolute Gasteiger partial charge is 0.373 e. The lowest BCUT2D eigenvalue weighted by molar-refractivity contribution is -0.192. The molecule has 11 N–H and O–H groups in total. The van der Waals surface area contributed by atoms with Crippen LogP contribution in [0, 0.1) is 19.6 Å². The number of nitrogens with one attached hydrogen (secondary N) is 3. The molecule has 0 aromatic rings.